The summed E-state index contributed by atoms with van der Waals surface area (Å²) in [6, 6.07) is 0. The predicted molar refractivity (Wildman–Crippen MR) is 79.0 cm³/mol. The molecule has 0 aromatic heterocycles. The smallest absolute Gasteiger partial charge is 0.0905 e. The van der Waals surface area contributed by atoms with Crippen molar-refractivity contribution in [2.24, 2.45) is 29.1 Å². The van der Waals surface area contributed by atoms with Crippen molar-refractivity contribution in [3.05, 3.63) is 23.8 Å². The van der Waals surface area contributed by atoms with Gasteiger partial charge in [-0.05, 0) is 61.7 Å². The molecule has 7 atom stereocenters. The largest absolute Gasteiger partial charge is 0.393 e. The molecule has 0 spiro atoms. The number of fused-ring (bicyclic) bond motifs is 5. The van der Waals surface area contributed by atoms with Crippen LogP contribution < -0.4 is 0 Å². The molecule has 0 heterocycles. The summed E-state index contributed by atoms with van der Waals surface area (Å²) < 4.78 is 0. The zero-order valence-electron chi connectivity index (χ0n) is 12.3. The second kappa shape index (κ2) is 4.45. The molecule has 20 heavy (non-hydrogen) atoms. The van der Waals surface area contributed by atoms with Crippen LogP contribution >= 0.6 is 0 Å². The first kappa shape index (κ1) is 13.1. The first-order chi connectivity index (χ1) is 9.59. The predicted octanol–water partition coefficient (Wildman–Crippen LogP) is 3.06. The zero-order valence-corrected chi connectivity index (χ0v) is 12.3. The van der Waals surface area contributed by atoms with Gasteiger partial charge in [-0.3, -0.25) is 0 Å². The summed E-state index contributed by atoms with van der Waals surface area (Å²) >= 11 is 0. The highest BCUT2D eigenvalue weighted by Crippen LogP contribution is 2.61. The molecule has 4 aliphatic rings. The Balaban J connectivity index is 1.63. The minimum atomic E-state index is -0.361. The zero-order chi connectivity index (χ0) is 13.9. The molecule has 2 N–H and O–H groups in total. The summed E-state index contributed by atoms with van der Waals surface area (Å²) in [6.45, 7) is 2.33. The van der Waals surface area contributed by atoms with Gasteiger partial charge in [-0.2, -0.15) is 0 Å². The average molecular weight is 274 g/mol. The summed E-state index contributed by atoms with van der Waals surface area (Å²) in [4.78, 5) is 0. The van der Waals surface area contributed by atoms with Crippen LogP contribution in [0.1, 0.15) is 45.4 Å². The molecular formula is C18H26O2. The van der Waals surface area contributed by atoms with E-state index in [4.69, 9.17) is 0 Å². The van der Waals surface area contributed by atoms with Crippen molar-refractivity contribution in [3.8, 4) is 0 Å². The van der Waals surface area contributed by atoms with Gasteiger partial charge in [0.1, 0.15) is 0 Å². The molecule has 0 radical (unpaired) electrons. The van der Waals surface area contributed by atoms with E-state index in [1.54, 1.807) is 0 Å². The van der Waals surface area contributed by atoms with Gasteiger partial charge in [0.05, 0.1) is 12.2 Å². The molecular weight excluding hydrogens is 248 g/mol. The molecule has 0 amide bonds. The Morgan fingerprint density at radius 3 is 2.75 bits per heavy atom. The third-order valence-electron chi connectivity index (χ3n) is 7.00. The standard InChI is InChI=1S/C18H26O2/c1-18-9-8-14-13-5-3-12(19)10-11(13)2-4-15(14)16(18)6-7-17(18)20/h3,5,10,12-17,19-20H,2,4,6-9H2,1H3/t12-,13?,14?,15?,16?,17+,18-/m0/s1. The van der Waals surface area contributed by atoms with Crippen molar-refractivity contribution < 1.29 is 10.2 Å². The Bertz CT molecular complexity index is 466. The van der Waals surface area contributed by atoms with E-state index in [0.29, 0.717) is 5.92 Å². The van der Waals surface area contributed by atoms with E-state index in [2.05, 4.69) is 19.1 Å². The highest BCUT2D eigenvalue weighted by atomic mass is 16.3. The van der Waals surface area contributed by atoms with Crippen molar-refractivity contribution in [1.29, 1.82) is 0 Å². The van der Waals surface area contributed by atoms with Crippen molar-refractivity contribution in [3.63, 3.8) is 0 Å². The van der Waals surface area contributed by atoms with E-state index in [-0.39, 0.29) is 17.6 Å². The van der Waals surface area contributed by atoms with Gasteiger partial charge in [-0.25, -0.2) is 0 Å². The van der Waals surface area contributed by atoms with Crippen LogP contribution in [0.15, 0.2) is 23.8 Å². The SMILES string of the molecule is C[C@]12CCC3C4C=C[C@H](O)C=C4CCC3C1CC[C@H]2O. The Kier molecular flexibility index (Phi) is 2.91. The Labute approximate surface area is 121 Å². The van der Waals surface area contributed by atoms with Gasteiger partial charge < -0.3 is 10.2 Å². The molecule has 3 saturated carbocycles. The molecule has 4 rings (SSSR count). The van der Waals surface area contributed by atoms with Crippen molar-refractivity contribution in [2.45, 2.75) is 57.7 Å². The lowest BCUT2D eigenvalue weighted by atomic mass is 9.53. The van der Waals surface area contributed by atoms with Crippen molar-refractivity contribution in [1.82, 2.24) is 0 Å². The molecule has 0 aliphatic heterocycles. The van der Waals surface area contributed by atoms with E-state index in [9.17, 15) is 10.2 Å². The fourth-order valence-electron chi connectivity index (χ4n) is 5.89. The Hall–Kier alpha value is -0.600. The van der Waals surface area contributed by atoms with Gasteiger partial charge >= 0.3 is 0 Å². The molecule has 110 valence electrons. The monoisotopic (exact) mass is 274 g/mol. The molecule has 0 aromatic carbocycles. The second-order valence-electron chi connectivity index (χ2n) is 7.75. The van der Waals surface area contributed by atoms with Crippen LogP contribution in [0.2, 0.25) is 0 Å². The summed E-state index contributed by atoms with van der Waals surface area (Å²) in [6.07, 6.45) is 12.9. The van der Waals surface area contributed by atoms with E-state index >= 15 is 0 Å². The quantitative estimate of drug-likeness (QED) is 0.667. The van der Waals surface area contributed by atoms with Crippen molar-refractivity contribution in [2.75, 3.05) is 0 Å². The van der Waals surface area contributed by atoms with Gasteiger partial charge in [-0.1, -0.05) is 30.7 Å². The van der Waals surface area contributed by atoms with Crippen LogP contribution in [0.25, 0.3) is 0 Å². The maximum absolute atomic E-state index is 10.4. The molecule has 0 aromatic rings. The number of rotatable bonds is 0. The number of aliphatic hydroxyl groups is 2. The molecule has 4 unspecified atom stereocenters. The molecule has 4 aliphatic carbocycles. The van der Waals surface area contributed by atoms with Crippen LogP contribution in [0.3, 0.4) is 0 Å². The highest BCUT2D eigenvalue weighted by Gasteiger charge is 2.55. The molecule has 0 bridgehead atoms. The van der Waals surface area contributed by atoms with Crippen LogP contribution in [-0.2, 0) is 0 Å². The lowest BCUT2D eigenvalue weighted by Crippen LogP contribution is -2.47. The normalized spacial score (nSPS) is 53.9. The third kappa shape index (κ3) is 1.70. The van der Waals surface area contributed by atoms with Gasteiger partial charge in [0, 0.05) is 5.92 Å². The maximum atomic E-state index is 10.4. The topological polar surface area (TPSA) is 40.5 Å². The number of hydrogen-bond donors (Lipinski definition) is 2. The second-order valence-corrected chi connectivity index (χ2v) is 7.75. The summed E-state index contributed by atoms with van der Waals surface area (Å²) in [5.74, 6) is 2.83. The first-order valence-corrected chi connectivity index (χ1v) is 8.34. The minimum absolute atomic E-state index is 0.0749. The number of allylic oxidation sites excluding steroid dienone is 2. The maximum Gasteiger partial charge on any atom is 0.0905 e. The Morgan fingerprint density at radius 2 is 1.90 bits per heavy atom. The Morgan fingerprint density at radius 1 is 1.05 bits per heavy atom. The molecule has 0 saturated heterocycles. The first-order valence-electron chi connectivity index (χ1n) is 8.34. The lowest BCUT2D eigenvalue weighted by molar-refractivity contribution is -0.0474. The molecule has 3 fully saturated rings. The van der Waals surface area contributed by atoms with E-state index in [1.165, 1.54) is 31.3 Å². The van der Waals surface area contributed by atoms with E-state index in [1.807, 2.05) is 6.08 Å². The molecule has 2 nitrogen and oxygen atoms in total. The van der Waals surface area contributed by atoms with Crippen LogP contribution in [0.4, 0.5) is 0 Å². The molecule has 2 heteroatoms. The van der Waals surface area contributed by atoms with Crippen molar-refractivity contribution >= 4 is 0 Å². The van der Waals surface area contributed by atoms with E-state index in [0.717, 1.165) is 30.6 Å². The highest BCUT2D eigenvalue weighted by molar-refractivity contribution is 5.28. The van der Waals surface area contributed by atoms with Crippen LogP contribution in [0.5, 0.6) is 0 Å². The number of aliphatic hydroxyl groups excluding tert-OH is 2. The third-order valence-corrected chi connectivity index (χ3v) is 7.00. The van der Waals surface area contributed by atoms with Gasteiger partial charge in [0.15, 0.2) is 0 Å². The van der Waals surface area contributed by atoms with Crippen LogP contribution in [0, 0.1) is 29.1 Å². The number of hydrogen-bond acceptors (Lipinski definition) is 2. The van der Waals surface area contributed by atoms with E-state index < -0.39 is 0 Å². The summed E-state index contributed by atoms with van der Waals surface area (Å²) in [7, 11) is 0. The lowest BCUT2D eigenvalue weighted by Gasteiger charge is -2.52. The average Bonchev–Trinajstić information content (AvgIpc) is 2.74. The fraction of sp³-hybridized carbons (Fsp3) is 0.778. The van der Waals surface area contributed by atoms with Crippen LogP contribution in [-0.4, -0.2) is 22.4 Å². The summed E-state index contributed by atoms with van der Waals surface area (Å²) in [5, 5.41) is 20.2. The van der Waals surface area contributed by atoms with Gasteiger partial charge in [-0.15, -0.1) is 0 Å². The van der Waals surface area contributed by atoms with Gasteiger partial charge in [0.2, 0.25) is 0 Å². The summed E-state index contributed by atoms with van der Waals surface area (Å²) in [5.41, 5.74) is 1.66. The fourth-order valence-corrected chi connectivity index (χ4v) is 5.89. The van der Waals surface area contributed by atoms with Gasteiger partial charge in [0.25, 0.3) is 0 Å². The minimum Gasteiger partial charge on any atom is -0.393 e.